The van der Waals surface area contributed by atoms with Crippen molar-refractivity contribution in [2.24, 2.45) is 23.7 Å². The summed E-state index contributed by atoms with van der Waals surface area (Å²) in [4.78, 5) is 12.1. The van der Waals surface area contributed by atoms with Crippen LogP contribution in [-0.2, 0) is 4.79 Å². The molecule has 1 aromatic carbocycles. The first kappa shape index (κ1) is 24.3. The minimum atomic E-state index is -0.527. The number of para-hydroxylation sites is 1. The number of carbonyl (C=O) groups is 1. The van der Waals surface area contributed by atoms with Crippen LogP contribution < -0.4 is 5.32 Å². The largest absolute Gasteiger partial charge is 0.392 e. The van der Waals surface area contributed by atoms with Gasteiger partial charge >= 0.3 is 0 Å². The average Bonchev–Trinajstić information content (AvgIpc) is 3.30. The van der Waals surface area contributed by atoms with Crippen molar-refractivity contribution in [2.75, 3.05) is 5.32 Å². The molecule has 4 heteroatoms. The van der Waals surface area contributed by atoms with Gasteiger partial charge in [0.15, 0.2) is 0 Å². The monoisotopic (exact) mass is 435 g/mol. The first-order valence-electron chi connectivity index (χ1n) is 11.9. The third kappa shape index (κ3) is 6.82. The number of aliphatic hydroxyl groups is 2. The van der Waals surface area contributed by atoms with Crippen LogP contribution in [0.3, 0.4) is 0 Å². The standard InChI is InChI=1S/C28H37NO3/c1-3-4-10-20(2)26(30)16-15-24-25-18-21(17-22(25)19-27(24)31)11-8-9-14-28(32)29-23-12-6-5-7-13-23/h5-7,11-13,15-16,20,22,24-27,30-31H,8-10,14,17-19H2,1-2H3,(H,29,32)/b16-15+,21-11+/t20-,22+,24-,25+,26-,27-/m1/s1. The second-order valence-corrected chi connectivity index (χ2v) is 9.37. The fourth-order valence-corrected chi connectivity index (χ4v) is 5.07. The molecule has 3 N–H and O–H groups in total. The molecule has 6 atom stereocenters. The number of carbonyl (C=O) groups excluding carboxylic acids is 1. The first-order chi connectivity index (χ1) is 15.5. The maximum absolute atomic E-state index is 12.1. The summed E-state index contributed by atoms with van der Waals surface area (Å²) in [6, 6.07) is 9.56. The fourth-order valence-electron chi connectivity index (χ4n) is 5.07. The van der Waals surface area contributed by atoms with E-state index in [1.165, 1.54) is 5.57 Å². The Hall–Kier alpha value is -2.35. The lowest BCUT2D eigenvalue weighted by atomic mass is 9.89. The van der Waals surface area contributed by atoms with Gasteiger partial charge in [-0.15, -0.1) is 11.8 Å². The highest BCUT2D eigenvalue weighted by molar-refractivity contribution is 5.90. The minimum absolute atomic E-state index is 0.0592. The van der Waals surface area contributed by atoms with Crippen molar-refractivity contribution >= 4 is 11.6 Å². The molecule has 0 spiro atoms. The van der Waals surface area contributed by atoms with Gasteiger partial charge in [-0.1, -0.05) is 48.9 Å². The zero-order valence-electron chi connectivity index (χ0n) is 19.3. The third-order valence-electron chi connectivity index (χ3n) is 6.92. The summed E-state index contributed by atoms with van der Waals surface area (Å²) in [5, 5.41) is 23.9. The van der Waals surface area contributed by atoms with Gasteiger partial charge < -0.3 is 15.5 Å². The summed E-state index contributed by atoms with van der Waals surface area (Å²) in [6.45, 7) is 3.82. The van der Waals surface area contributed by atoms with E-state index >= 15 is 0 Å². The van der Waals surface area contributed by atoms with Crippen molar-refractivity contribution in [3.05, 3.63) is 54.1 Å². The van der Waals surface area contributed by atoms with Gasteiger partial charge in [0.2, 0.25) is 5.91 Å². The predicted octanol–water partition coefficient (Wildman–Crippen LogP) is 5.10. The van der Waals surface area contributed by atoms with Gasteiger partial charge in [-0.25, -0.2) is 0 Å². The van der Waals surface area contributed by atoms with Crippen LogP contribution in [0.5, 0.6) is 0 Å². The number of hydrogen-bond donors (Lipinski definition) is 3. The van der Waals surface area contributed by atoms with E-state index in [1.807, 2.05) is 56.3 Å². The summed E-state index contributed by atoms with van der Waals surface area (Å²) in [5.41, 5.74) is 2.30. The molecule has 0 aliphatic heterocycles. The number of allylic oxidation sites excluding steroid dienone is 2. The lowest BCUT2D eigenvalue weighted by molar-refractivity contribution is -0.116. The van der Waals surface area contributed by atoms with Crippen LogP contribution in [0, 0.1) is 35.5 Å². The maximum atomic E-state index is 12.1. The second-order valence-electron chi connectivity index (χ2n) is 9.37. The van der Waals surface area contributed by atoms with Gasteiger partial charge in [-0.2, -0.15) is 0 Å². The first-order valence-corrected chi connectivity index (χ1v) is 11.9. The predicted molar refractivity (Wildman–Crippen MR) is 130 cm³/mol. The Morgan fingerprint density at radius 1 is 1.28 bits per heavy atom. The van der Waals surface area contributed by atoms with Crippen molar-refractivity contribution in [1.82, 2.24) is 0 Å². The number of rotatable bonds is 9. The highest BCUT2D eigenvalue weighted by Gasteiger charge is 2.44. The van der Waals surface area contributed by atoms with Gasteiger partial charge in [-0.05, 0) is 68.9 Å². The second kappa shape index (κ2) is 12.0. The van der Waals surface area contributed by atoms with E-state index in [0.717, 1.165) is 37.8 Å². The molecule has 2 aliphatic carbocycles. The molecule has 172 valence electrons. The van der Waals surface area contributed by atoms with Crippen LogP contribution in [0.25, 0.3) is 0 Å². The van der Waals surface area contributed by atoms with E-state index in [1.54, 1.807) is 0 Å². The topological polar surface area (TPSA) is 69.6 Å². The van der Waals surface area contributed by atoms with Gasteiger partial charge in [0.1, 0.15) is 0 Å². The molecule has 2 aliphatic rings. The summed E-state index contributed by atoms with van der Waals surface area (Å²) >= 11 is 0. The average molecular weight is 436 g/mol. The van der Waals surface area contributed by atoms with Crippen molar-refractivity contribution in [3.8, 4) is 11.8 Å². The normalized spacial score (nSPS) is 27.7. The van der Waals surface area contributed by atoms with Crippen LogP contribution in [0.15, 0.2) is 54.1 Å². The van der Waals surface area contributed by atoms with E-state index in [2.05, 4.69) is 23.2 Å². The van der Waals surface area contributed by atoms with Crippen LogP contribution >= 0.6 is 0 Å². The molecular formula is C28H37NO3. The van der Waals surface area contributed by atoms with Crippen molar-refractivity contribution in [3.63, 3.8) is 0 Å². The molecule has 2 saturated carbocycles. The molecular weight excluding hydrogens is 398 g/mol. The molecule has 0 saturated heterocycles. The third-order valence-corrected chi connectivity index (χ3v) is 6.92. The van der Waals surface area contributed by atoms with Gasteiger partial charge in [0.25, 0.3) is 0 Å². The molecule has 32 heavy (non-hydrogen) atoms. The van der Waals surface area contributed by atoms with E-state index in [9.17, 15) is 15.0 Å². The number of hydrogen-bond acceptors (Lipinski definition) is 3. The molecule has 4 nitrogen and oxygen atoms in total. The molecule has 0 radical (unpaired) electrons. The van der Waals surface area contributed by atoms with Crippen LogP contribution in [-0.4, -0.2) is 28.3 Å². The van der Waals surface area contributed by atoms with Gasteiger partial charge in [0.05, 0.1) is 12.2 Å². The number of amides is 1. The SMILES string of the molecule is CC#CC[C@@H](C)[C@H](O)/C=C/[C@@H]1[C@H]2C/C(=C/CCCC(=O)Nc3ccccc3)C[C@H]2C[C@H]1O. The minimum Gasteiger partial charge on any atom is -0.392 e. The highest BCUT2D eigenvalue weighted by atomic mass is 16.3. The lowest BCUT2D eigenvalue weighted by Gasteiger charge is -2.19. The van der Waals surface area contributed by atoms with E-state index in [4.69, 9.17) is 0 Å². The quantitative estimate of drug-likeness (QED) is 0.287. The van der Waals surface area contributed by atoms with E-state index in [-0.39, 0.29) is 23.8 Å². The molecule has 1 aromatic rings. The van der Waals surface area contributed by atoms with E-state index < -0.39 is 6.10 Å². The Kier molecular flexibility index (Phi) is 9.14. The molecule has 0 aromatic heterocycles. The molecule has 0 unspecified atom stereocenters. The number of aliphatic hydroxyl groups excluding tert-OH is 2. The number of anilines is 1. The van der Waals surface area contributed by atoms with Gasteiger partial charge in [0, 0.05) is 24.4 Å². The zero-order chi connectivity index (χ0) is 22.9. The molecule has 0 bridgehead atoms. The van der Waals surface area contributed by atoms with Crippen molar-refractivity contribution in [2.45, 2.75) is 71.0 Å². The Bertz CT molecular complexity index is 864. The van der Waals surface area contributed by atoms with Crippen LogP contribution in [0.2, 0.25) is 0 Å². The summed E-state index contributed by atoms with van der Waals surface area (Å²) < 4.78 is 0. The number of benzene rings is 1. The Morgan fingerprint density at radius 3 is 2.81 bits per heavy atom. The zero-order valence-corrected chi connectivity index (χ0v) is 19.3. The van der Waals surface area contributed by atoms with Crippen molar-refractivity contribution in [1.29, 1.82) is 0 Å². The van der Waals surface area contributed by atoms with Crippen LogP contribution in [0.1, 0.15) is 58.8 Å². The lowest BCUT2D eigenvalue weighted by Crippen LogP contribution is -2.19. The summed E-state index contributed by atoms with van der Waals surface area (Å²) in [6.07, 6.45) is 11.2. The molecule has 3 rings (SSSR count). The number of unbranched alkanes of at least 4 members (excludes halogenated alkanes) is 1. The number of nitrogens with one attached hydrogen (secondary N) is 1. The van der Waals surface area contributed by atoms with Crippen LogP contribution in [0.4, 0.5) is 5.69 Å². The molecule has 0 heterocycles. The van der Waals surface area contributed by atoms with Crippen molar-refractivity contribution < 1.29 is 15.0 Å². The summed E-state index contributed by atoms with van der Waals surface area (Å²) in [7, 11) is 0. The van der Waals surface area contributed by atoms with Gasteiger partial charge in [-0.3, -0.25) is 4.79 Å². The Labute approximate surface area is 192 Å². The van der Waals surface area contributed by atoms with E-state index in [0.29, 0.717) is 24.7 Å². The Morgan fingerprint density at radius 2 is 2.06 bits per heavy atom. The smallest absolute Gasteiger partial charge is 0.224 e. The highest BCUT2D eigenvalue weighted by Crippen LogP contribution is 2.50. The molecule has 1 amide bonds. The molecule has 2 fully saturated rings. The Balaban J connectivity index is 1.44. The fraction of sp³-hybridized carbons (Fsp3) is 0.536. The maximum Gasteiger partial charge on any atom is 0.224 e. The summed E-state index contributed by atoms with van der Waals surface area (Å²) in [5.74, 6) is 7.14. The number of fused-ring (bicyclic) bond motifs is 1.